The third kappa shape index (κ3) is 3.66. The molecule has 5 nitrogen and oxygen atoms in total. The largest absolute Gasteiger partial charge is 0.493 e. The van der Waals surface area contributed by atoms with Gasteiger partial charge in [0.2, 0.25) is 0 Å². The Hall–Kier alpha value is -2.21. The number of ether oxygens (including phenoxy) is 2. The molecule has 0 atom stereocenters. The number of benzene rings is 2. The second-order valence-electron chi connectivity index (χ2n) is 4.21. The van der Waals surface area contributed by atoms with Gasteiger partial charge in [0.15, 0.2) is 11.5 Å². The molecule has 0 aliphatic carbocycles. The molecule has 2 aromatic carbocycles. The van der Waals surface area contributed by atoms with Crippen LogP contribution in [0.4, 0.5) is 5.69 Å². The Kier molecular flexibility index (Phi) is 5.05. The molecule has 2 aromatic rings. The van der Waals surface area contributed by atoms with Crippen LogP contribution in [0.25, 0.3) is 0 Å². The van der Waals surface area contributed by atoms with E-state index in [9.17, 15) is 10.1 Å². The minimum Gasteiger partial charge on any atom is -0.493 e. The van der Waals surface area contributed by atoms with Crippen LogP contribution in [0.3, 0.4) is 0 Å². The lowest BCUT2D eigenvalue weighted by molar-refractivity contribution is -0.387. The monoisotopic (exact) mass is 305 g/mol. The third-order valence-electron chi connectivity index (χ3n) is 2.90. The highest BCUT2D eigenvalue weighted by Gasteiger charge is 2.19. The summed E-state index contributed by atoms with van der Waals surface area (Å²) in [7, 11) is 2.97. The van der Waals surface area contributed by atoms with Crippen molar-refractivity contribution < 1.29 is 14.4 Å². The summed E-state index contributed by atoms with van der Waals surface area (Å²) in [5, 5.41) is 11.2. The van der Waals surface area contributed by atoms with Crippen molar-refractivity contribution in [3.8, 4) is 11.5 Å². The average Bonchev–Trinajstić information content (AvgIpc) is 2.52. The van der Waals surface area contributed by atoms with Crippen molar-refractivity contribution in [1.29, 1.82) is 0 Å². The van der Waals surface area contributed by atoms with E-state index < -0.39 is 4.92 Å². The summed E-state index contributed by atoms with van der Waals surface area (Å²) in [4.78, 5) is 11.3. The maximum Gasteiger partial charge on any atom is 0.286 e. The molecule has 0 amide bonds. The minimum absolute atomic E-state index is 0.0218. The summed E-state index contributed by atoms with van der Waals surface area (Å²) in [6.45, 7) is 0. The molecule has 110 valence electrons. The zero-order valence-electron chi connectivity index (χ0n) is 11.7. The first-order valence-corrected chi connectivity index (χ1v) is 7.21. The molecule has 0 unspecified atom stereocenters. The van der Waals surface area contributed by atoms with Crippen LogP contribution in [-0.2, 0) is 5.75 Å². The average molecular weight is 305 g/mol. The highest BCUT2D eigenvalue weighted by Crippen LogP contribution is 2.40. The standard InChI is InChI=1S/C15H15NO4S/c1-19-13-8-12(16(17)18)15(9-14(13)20-2)21-10-11-6-4-3-5-7-11/h3-9H,10H2,1-2H3. The van der Waals surface area contributed by atoms with Gasteiger partial charge in [-0.25, -0.2) is 0 Å². The van der Waals surface area contributed by atoms with Crippen molar-refractivity contribution >= 4 is 17.4 Å². The normalized spacial score (nSPS) is 10.2. The Balaban J connectivity index is 2.30. The van der Waals surface area contributed by atoms with Crippen LogP contribution in [0, 0.1) is 10.1 Å². The SMILES string of the molecule is COc1cc(SCc2ccccc2)c([N+](=O)[O-])cc1OC. The first-order valence-electron chi connectivity index (χ1n) is 6.23. The number of methoxy groups -OCH3 is 2. The van der Waals surface area contributed by atoms with Gasteiger partial charge in [-0.2, -0.15) is 0 Å². The van der Waals surface area contributed by atoms with Crippen LogP contribution in [0.15, 0.2) is 47.4 Å². The first-order chi connectivity index (χ1) is 10.2. The topological polar surface area (TPSA) is 61.6 Å². The van der Waals surface area contributed by atoms with Crippen LogP contribution in [-0.4, -0.2) is 19.1 Å². The van der Waals surface area contributed by atoms with Crippen LogP contribution >= 0.6 is 11.8 Å². The Bertz CT molecular complexity index is 631. The van der Waals surface area contributed by atoms with Gasteiger partial charge in [-0.1, -0.05) is 30.3 Å². The van der Waals surface area contributed by atoms with E-state index in [0.29, 0.717) is 22.1 Å². The van der Waals surface area contributed by atoms with Gasteiger partial charge in [-0.3, -0.25) is 10.1 Å². The smallest absolute Gasteiger partial charge is 0.286 e. The molecule has 21 heavy (non-hydrogen) atoms. The summed E-state index contributed by atoms with van der Waals surface area (Å²) in [5.74, 6) is 1.49. The van der Waals surface area contributed by atoms with Gasteiger partial charge in [0.25, 0.3) is 5.69 Å². The lowest BCUT2D eigenvalue weighted by atomic mass is 10.2. The van der Waals surface area contributed by atoms with Gasteiger partial charge in [-0.05, 0) is 5.56 Å². The van der Waals surface area contributed by atoms with Crippen molar-refractivity contribution in [2.75, 3.05) is 14.2 Å². The number of hydrogen-bond donors (Lipinski definition) is 0. The molecule has 0 saturated heterocycles. The van der Waals surface area contributed by atoms with E-state index >= 15 is 0 Å². The number of rotatable bonds is 6. The molecule has 0 aliphatic heterocycles. The van der Waals surface area contributed by atoms with Crippen LogP contribution in [0.1, 0.15) is 5.56 Å². The first kappa shape index (κ1) is 15.2. The lowest BCUT2D eigenvalue weighted by Gasteiger charge is -2.10. The van der Waals surface area contributed by atoms with Gasteiger partial charge >= 0.3 is 0 Å². The van der Waals surface area contributed by atoms with Gasteiger partial charge < -0.3 is 9.47 Å². The van der Waals surface area contributed by atoms with E-state index in [-0.39, 0.29) is 5.69 Å². The fourth-order valence-electron chi connectivity index (χ4n) is 1.84. The molecule has 0 aromatic heterocycles. The summed E-state index contributed by atoms with van der Waals surface area (Å²) >= 11 is 1.40. The molecule has 0 heterocycles. The predicted octanol–water partition coefficient (Wildman–Crippen LogP) is 3.90. The Morgan fingerprint density at radius 3 is 2.29 bits per heavy atom. The zero-order valence-corrected chi connectivity index (χ0v) is 12.6. The number of nitro groups is 1. The van der Waals surface area contributed by atoms with E-state index in [1.165, 1.54) is 32.0 Å². The third-order valence-corrected chi connectivity index (χ3v) is 4.01. The molecule has 0 N–H and O–H groups in total. The number of hydrogen-bond acceptors (Lipinski definition) is 5. The van der Waals surface area contributed by atoms with Crippen molar-refractivity contribution in [3.05, 3.63) is 58.1 Å². The summed E-state index contributed by atoms with van der Waals surface area (Å²) in [6, 6.07) is 12.8. The molecular formula is C15H15NO4S. The highest BCUT2D eigenvalue weighted by atomic mass is 32.2. The molecule has 0 spiro atoms. The molecule has 2 rings (SSSR count). The number of thioether (sulfide) groups is 1. The van der Waals surface area contributed by atoms with Crippen molar-refractivity contribution in [2.24, 2.45) is 0 Å². The van der Waals surface area contributed by atoms with E-state index in [4.69, 9.17) is 9.47 Å². The molecule has 0 fully saturated rings. The van der Waals surface area contributed by atoms with E-state index in [1.807, 2.05) is 30.3 Å². The molecular weight excluding hydrogens is 290 g/mol. The second kappa shape index (κ2) is 6.99. The van der Waals surface area contributed by atoms with Crippen LogP contribution in [0.5, 0.6) is 11.5 Å². The Morgan fingerprint density at radius 1 is 1.10 bits per heavy atom. The molecule has 0 aliphatic rings. The van der Waals surface area contributed by atoms with Crippen molar-refractivity contribution in [1.82, 2.24) is 0 Å². The molecule has 0 bridgehead atoms. The Morgan fingerprint density at radius 2 is 1.71 bits per heavy atom. The minimum atomic E-state index is -0.407. The van der Waals surface area contributed by atoms with Gasteiger partial charge in [0.05, 0.1) is 30.1 Å². The van der Waals surface area contributed by atoms with Gasteiger partial charge in [0, 0.05) is 11.8 Å². The number of nitro benzene ring substituents is 1. The maximum atomic E-state index is 11.2. The summed E-state index contributed by atoms with van der Waals surface area (Å²) in [5.41, 5.74) is 1.13. The summed E-state index contributed by atoms with van der Waals surface area (Å²) < 4.78 is 10.3. The lowest BCUT2D eigenvalue weighted by Crippen LogP contribution is -1.96. The molecule has 6 heteroatoms. The van der Waals surface area contributed by atoms with Crippen LogP contribution in [0.2, 0.25) is 0 Å². The quantitative estimate of drug-likeness (QED) is 0.460. The maximum absolute atomic E-state index is 11.2. The van der Waals surface area contributed by atoms with Gasteiger partial charge in [0.1, 0.15) is 0 Å². The molecule has 0 radical (unpaired) electrons. The van der Waals surface area contributed by atoms with Crippen molar-refractivity contribution in [3.63, 3.8) is 0 Å². The Labute approximate surface area is 127 Å². The van der Waals surface area contributed by atoms with Crippen molar-refractivity contribution in [2.45, 2.75) is 10.6 Å². The predicted molar refractivity (Wildman–Crippen MR) is 82.2 cm³/mol. The molecule has 0 saturated carbocycles. The fourth-order valence-corrected chi connectivity index (χ4v) is 2.83. The van der Waals surface area contributed by atoms with E-state index in [1.54, 1.807) is 6.07 Å². The summed E-state index contributed by atoms with van der Waals surface area (Å²) in [6.07, 6.45) is 0. The van der Waals surface area contributed by atoms with Crippen LogP contribution < -0.4 is 9.47 Å². The zero-order chi connectivity index (χ0) is 15.2. The van der Waals surface area contributed by atoms with E-state index in [0.717, 1.165) is 5.56 Å². The fraction of sp³-hybridized carbons (Fsp3) is 0.200. The second-order valence-corrected chi connectivity index (χ2v) is 5.22. The van der Waals surface area contributed by atoms with E-state index in [2.05, 4.69) is 0 Å². The number of nitrogens with zero attached hydrogens (tertiary/aromatic N) is 1. The highest BCUT2D eigenvalue weighted by molar-refractivity contribution is 7.98. The van der Waals surface area contributed by atoms with Gasteiger partial charge in [-0.15, -0.1) is 11.8 Å².